The van der Waals surface area contributed by atoms with Crippen molar-refractivity contribution in [2.75, 3.05) is 26.7 Å². The number of nitrogens with zero attached hydrogens (tertiary/aromatic N) is 4. The van der Waals surface area contributed by atoms with Gasteiger partial charge < -0.3 is 18.9 Å². The first kappa shape index (κ1) is 20.5. The SMILES string of the molecule is COc1ccccc1CC(=O)N1CC[C@H]2[C@@H](CCCN2C(=O)c2cn3ccccc3n2)C1. The normalized spacial score (nSPS) is 20.8. The molecule has 3 aromatic rings. The van der Waals surface area contributed by atoms with Gasteiger partial charge in [0.15, 0.2) is 0 Å². The molecule has 0 N–H and O–H groups in total. The minimum atomic E-state index is -0.00259. The summed E-state index contributed by atoms with van der Waals surface area (Å²) < 4.78 is 7.28. The molecule has 0 radical (unpaired) electrons. The smallest absolute Gasteiger partial charge is 0.274 e. The van der Waals surface area contributed by atoms with E-state index in [4.69, 9.17) is 4.74 Å². The summed E-state index contributed by atoms with van der Waals surface area (Å²) in [7, 11) is 1.63. The number of fused-ring (bicyclic) bond motifs is 2. The zero-order valence-electron chi connectivity index (χ0n) is 18.3. The highest BCUT2D eigenvalue weighted by molar-refractivity contribution is 5.93. The van der Waals surface area contributed by atoms with Crippen LogP contribution in [0.1, 0.15) is 35.3 Å². The number of piperidine rings is 2. The predicted octanol–water partition coefficient (Wildman–Crippen LogP) is 3.04. The molecule has 2 atom stereocenters. The second-order valence-corrected chi connectivity index (χ2v) is 8.68. The number of methoxy groups -OCH3 is 1. The van der Waals surface area contributed by atoms with Crippen molar-refractivity contribution in [3.05, 3.63) is 66.1 Å². The topological polar surface area (TPSA) is 67.2 Å². The Morgan fingerprint density at radius 2 is 1.94 bits per heavy atom. The minimum Gasteiger partial charge on any atom is -0.496 e. The van der Waals surface area contributed by atoms with Crippen molar-refractivity contribution >= 4 is 17.5 Å². The Balaban J connectivity index is 1.27. The molecule has 0 spiro atoms. The fraction of sp³-hybridized carbons (Fsp3) is 0.400. The summed E-state index contributed by atoms with van der Waals surface area (Å²) in [5.74, 6) is 1.17. The molecule has 5 rings (SSSR count). The van der Waals surface area contributed by atoms with E-state index in [2.05, 4.69) is 4.98 Å². The van der Waals surface area contributed by atoms with Crippen LogP contribution in [0.15, 0.2) is 54.9 Å². The molecule has 32 heavy (non-hydrogen) atoms. The highest BCUT2D eigenvalue weighted by Crippen LogP contribution is 2.32. The average molecular weight is 433 g/mol. The predicted molar refractivity (Wildman–Crippen MR) is 121 cm³/mol. The van der Waals surface area contributed by atoms with Gasteiger partial charge in [-0.2, -0.15) is 0 Å². The maximum absolute atomic E-state index is 13.3. The third-order valence-corrected chi connectivity index (χ3v) is 6.80. The number of benzene rings is 1. The van der Waals surface area contributed by atoms with Crippen LogP contribution in [0.2, 0.25) is 0 Å². The first-order valence-electron chi connectivity index (χ1n) is 11.3. The summed E-state index contributed by atoms with van der Waals surface area (Å²) in [6.07, 6.45) is 6.86. The van der Waals surface area contributed by atoms with E-state index in [-0.39, 0.29) is 17.9 Å². The van der Waals surface area contributed by atoms with E-state index in [1.165, 1.54) is 0 Å². The van der Waals surface area contributed by atoms with Gasteiger partial charge in [-0.15, -0.1) is 0 Å². The van der Waals surface area contributed by atoms with Crippen LogP contribution in [0, 0.1) is 5.92 Å². The fourth-order valence-corrected chi connectivity index (χ4v) is 5.19. The summed E-state index contributed by atoms with van der Waals surface area (Å²) >= 11 is 0. The van der Waals surface area contributed by atoms with Crippen LogP contribution in [0.3, 0.4) is 0 Å². The van der Waals surface area contributed by atoms with Gasteiger partial charge in [0.2, 0.25) is 5.91 Å². The van der Waals surface area contributed by atoms with Crippen molar-refractivity contribution in [1.29, 1.82) is 0 Å². The van der Waals surface area contributed by atoms with Crippen LogP contribution in [0.5, 0.6) is 5.75 Å². The van der Waals surface area contributed by atoms with Crippen LogP contribution < -0.4 is 4.74 Å². The van der Waals surface area contributed by atoms with E-state index in [1.54, 1.807) is 7.11 Å². The molecule has 2 aromatic heterocycles. The molecule has 7 nitrogen and oxygen atoms in total. The van der Waals surface area contributed by atoms with Crippen LogP contribution in [0.4, 0.5) is 0 Å². The summed E-state index contributed by atoms with van der Waals surface area (Å²) in [5, 5.41) is 0. The van der Waals surface area contributed by atoms with Crippen molar-refractivity contribution in [2.24, 2.45) is 5.92 Å². The van der Waals surface area contributed by atoms with Gasteiger partial charge in [-0.05, 0) is 43.4 Å². The van der Waals surface area contributed by atoms with Crippen LogP contribution in [-0.4, -0.2) is 63.8 Å². The molecular formula is C25H28N4O3. The van der Waals surface area contributed by atoms with E-state index < -0.39 is 0 Å². The van der Waals surface area contributed by atoms with Gasteiger partial charge in [0, 0.05) is 43.6 Å². The molecule has 7 heteroatoms. The Bertz CT molecular complexity index is 1110. The van der Waals surface area contributed by atoms with Gasteiger partial charge in [0.1, 0.15) is 17.1 Å². The van der Waals surface area contributed by atoms with Gasteiger partial charge in [-0.25, -0.2) is 4.98 Å². The molecule has 0 unspecified atom stereocenters. The third kappa shape index (κ3) is 3.83. The summed E-state index contributed by atoms with van der Waals surface area (Å²) in [6.45, 7) is 2.13. The number of pyridine rings is 1. The van der Waals surface area contributed by atoms with E-state index in [1.807, 2.05) is 69.1 Å². The van der Waals surface area contributed by atoms with Crippen LogP contribution in [-0.2, 0) is 11.2 Å². The number of likely N-dealkylation sites (tertiary alicyclic amines) is 2. The fourth-order valence-electron chi connectivity index (χ4n) is 5.19. The first-order chi connectivity index (χ1) is 15.6. The Kier molecular flexibility index (Phi) is 5.55. The number of hydrogen-bond donors (Lipinski definition) is 0. The first-order valence-corrected chi connectivity index (χ1v) is 11.3. The summed E-state index contributed by atoms with van der Waals surface area (Å²) in [5.41, 5.74) is 2.18. The largest absolute Gasteiger partial charge is 0.496 e. The van der Waals surface area contributed by atoms with Gasteiger partial charge in [-0.1, -0.05) is 24.3 Å². The standard InChI is InChI=1S/C25H28N4O3/c1-32-22-9-3-2-7-18(22)15-24(30)28-14-11-21-19(16-28)8-6-13-29(21)25(31)20-17-27-12-5-4-10-23(27)26-20/h2-5,7,9-10,12,17,19,21H,6,8,11,13-16H2,1H3/t19-,21-/m0/s1. The number of amides is 2. The van der Waals surface area contributed by atoms with Crippen molar-refractivity contribution < 1.29 is 14.3 Å². The van der Waals surface area contributed by atoms with Gasteiger partial charge in [-0.3, -0.25) is 9.59 Å². The van der Waals surface area contributed by atoms with Crippen LogP contribution >= 0.6 is 0 Å². The number of carbonyl (C=O) groups is 2. The van der Waals surface area contributed by atoms with Crippen LogP contribution in [0.25, 0.3) is 5.65 Å². The molecule has 2 aliphatic rings. The Labute approximate surface area is 187 Å². The monoisotopic (exact) mass is 432 g/mol. The maximum atomic E-state index is 13.3. The third-order valence-electron chi connectivity index (χ3n) is 6.80. The molecule has 2 fully saturated rings. The van der Waals surface area contributed by atoms with E-state index in [0.717, 1.165) is 42.8 Å². The molecule has 1 aromatic carbocycles. The highest BCUT2D eigenvalue weighted by Gasteiger charge is 2.40. The van der Waals surface area contributed by atoms with E-state index in [9.17, 15) is 9.59 Å². The Morgan fingerprint density at radius 3 is 2.78 bits per heavy atom. The highest BCUT2D eigenvalue weighted by atomic mass is 16.5. The lowest BCUT2D eigenvalue weighted by atomic mass is 9.83. The zero-order chi connectivity index (χ0) is 22.1. The Morgan fingerprint density at radius 1 is 1.09 bits per heavy atom. The lowest BCUT2D eigenvalue weighted by Crippen LogP contribution is -2.56. The number of imidazole rings is 1. The quantitative estimate of drug-likeness (QED) is 0.636. The van der Waals surface area contributed by atoms with Gasteiger partial charge in [0.25, 0.3) is 5.91 Å². The number of carbonyl (C=O) groups excluding carboxylic acids is 2. The molecule has 2 amide bonds. The second kappa shape index (κ2) is 8.65. The number of hydrogen-bond acceptors (Lipinski definition) is 4. The summed E-state index contributed by atoms with van der Waals surface area (Å²) in [6, 6.07) is 13.6. The van der Waals surface area contributed by atoms with Crippen molar-refractivity contribution in [3.63, 3.8) is 0 Å². The summed E-state index contributed by atoms with van der Waals surface area (Å²) in [4.78, 5) is 34.8. The molecule has 4 heterocycles. The van der Waals surface area contributed by atoms with E-state index >= 15 is 0 Å². The molecular weight excluding hydrogens is 404 g/mol. The number of aromatic nitrogens is 2. The van der Waals surface area contributed by atoms with Crippen molar-refractivity contribution in [1.82, 2.24) is 19.2 Å². The minimum absolute atomic E-state index is 0.00259. The molecule has 2 aliphatic heterocycles. The van der Waals surface area contributed by atoms with Crippen molar-refractivity contribution in [3.8, 4) is 5.75 Å². The van der Waals surface area contributed by atoms with Gasteiger partial charge >= 0.3 is 0 Å². The molecule has 0 bridgehead atoms. The molecule has 166 valence electrons. The zero-order valence-corrected chi connectivity index (χ0v) is 18.3. The van der Waals surface area contributed by atoms with Gasteiger partial charge in [0.05, 0.1) is 13.5 Å². The number of ether oxygens (including phenoxy) is 1. The maximum Gasteiger partial charge on any atom is 0.274 e. The average Bonchev–Trinajstić information content (AvgIpc) is 3.27. The van der Waals surface area contributed by atoms with Crippen molar-refractivity contribution in [2.45, 2.75) is 31.7 Å². The lowest BCUT2D eigenvalue weighted by Gasteiger charge is -2.47. The number of rotatable bonds is 4. The molecule has 0 saturated carbocycles. The van der Waals surface area contributed by atoms with E-state index in [0.29, 0.717) is 31.1 Å². The molecule has 0 aliphatic carbocycles. The molecule has 2 saturated heterocycles. The Hall–Kier alpha value is -3.35. The number of para-hydroxylation sites is 1. The lowest BCUT2D eigenvalue weighted by molar-refractivity contribution is -0.133. The second-order valence-electron chi connectivity index (χ2n) is 8.68.